The lowest BCUT2D eigenvalue weighted by atomic mass is 10.1. The van der Waals surface area contributed by atoms with Crippen LogP contribution in [0.5, 0.6) is 0 Å². The highest BCUT2D eigenvalue weighted by Crippen LogP contribution is 2.23. The number of aromatic nitrogens is 1. The number of halogens is 1. The molecule has 0 aliphatic rings. The third-order valence-electron chi connectivity index (χ3n) is 3.47. The molecule has 2 aromatic rings. The Bertz CT molecular complexity index is 700. The van der Waals surface area contributed by atoms with Crippen LogP contribution in [-0.2, 0) is 0 Å². The van der Waals surface area contributed by atoms with Crippen molar-refractivity contribution in [3.05, 3.63) is 52.8 Å². The van der Waals surface area contributed by atoms with Gasteiger partial charge in [0.1, 0.15) is 0 Å². The number of nitrogens with zero attached hydrogens (tertiary/aromatic N) is 1. The average molecular weight is 305 g/mol. The van der Waals surface area contributed by atoms with Crippen LogP contribution in [0.25, 0.3) is 5.69 Å². The van der Waals surface area contributed by atoms with Gasteiger partial charge >= 0.3 is 0 Å². The SMILES string of the molecule is Cc1cc(C(=O)C(C)Cl)c(C)n1-c1ccc(C(N)=O)cc1. The molecule has 4 nitrogen and oxygen atoms in total. The maximum Gasteiger partial charge on any atom is 0.248 e. The normalized spacial score (nSPS) is 12.2. The first-order valence-electron chi connectivity index (χ1n) is 6.60. The number of aryl methyl sites for hydroxylation is 1. The van der Waals surface area contributed by atoms with E-state index in [0.29, 0.717) is 11.1 Å². The number of amides is 1. The third-order valence-corrected chi connectivity index (χ3v) is 3.67. The largest absolute Gasteiger partial charge is 0.366 e. The van der Waals surface area contributed by atoms with Gasteiger partial charge in [-0.1, -0.05) is 0 Å². The second-order valence-electron chi connectivity index (χ2n) is 5.01. The molecule has 1 atom stereocenters. The van der Waals surface area contributed by atoms with E-state index in [9.17, 15) is 9.59 Å². The van der Waals surface area contributed by atoms with E-state index in [-0.39, 0.29) is 5.78 Å². The number of Topliss-reactive ketones (excluding diaryl/α,β-unsaturated/α-hetero) is 1. The second-order valence-corrected chi connectivity index (χ2v) is 5.67. The summed E-state index contributed by atoms with van der Waals surface area (Å²) in [7, 11) is 0. The summed E-state index contributed by atoms with van der Waals surface area (Å²) in [5.41, 5.74) is 8.94. The number of carbonyl (C=O) groups excluding carboxylic acids is 2. The van der Waals surface area contributed by atoms with Crippen LogP contribution in [0.4, 0.5) is 0 Å². The summed E-state index contributed by atoms with van der Waals surface area (Å²) in [5.74, 6) is -0.556. The zero-order chi connectivity index (χ0) is 15.7. The Morgan fingerprint density at radius 3 is 2.24 bits per heavy atom. The van der Waals surface area contributed by atoms with Crippen LogP contribution in [0.1, 0.15) is 39.0 Å². The first kappa shape index (κ1) is 15.3. The molecule has 1 amide bonds. The molecular formula is C16H17ClN2O2. The summed E-state index contributed by atoms with van der Waals surface area (Å²) < 4.78 is 1.96. The number of hydrogen-bond donors (Lipinski definition) is 1. The number of nitrogens with two attached hydrogens (primary N) is 1. The summed E-state index contributed by atoms with van der Waals surface area (Å²) >= 11 is 5.89. The van der Waals surface area contributed by atoms with Gasteiger partial charge in [0.25, 0.3) is 0 Å². The zero-order valence-electron chi connectivity index (χ0n) is 12.2. The third kappa shape index (κ3) is 2.85. The van der Waals surface area contributed by atoms with E-state index in [1.54, 1.807) is 31.2 Å². The van der Waals surface area contributed by atoms with Gasteiger partial charge in [-0.05, 0) is 51.1 Å². The molecular weight excluding hydrogens is 288 g/mol. The molecule has 0 spiro atoms. The second kappa shape index (κ2) is 5.74. The highest BCUT2D eigenvalue weighted by atomic mass is 35.5. The van der Waals surface area contributed by atoms with Gasteiger partial charge in [0.2, 0.25) is 5.91 Å². The summed E-state index contributed by atoms with van der Waals surface area (Å²) in [6, 6.07) is 8.78. The molecule has 1 unspecified atom stereocenters. The van der Waals surface area contributed by atoms with Gasteiger partial charge in [-0.25, -0.2) is 0 Å². The van der Waals surface area contributed by atoms with E-state index in [4.69, 9.17) is 17.3 Å². The highest BCUT2D eigenvalue weighted by Gasteiger charge is 2.20. The van der Waals surface area contributed by atoms with E-state index in [1.165, 1.54) is 0 Å². The number of rotatable bonds is 4. The van der Waals surface area contributed by atoms with Crippen molar-refractivity contribution in [2.75, 3.05) is 0 Å². The monoisotopic (exact) mass is 304 g/mol. The molecule has 5 heteroatoms. The van der Waals surface area contributed by atoms with Gasteiger partial charge in [-0.2, -0.15) is 0 Å². The summed E-state index contributed by atoms with van der Waals surface area (Å²) in [5, 5.41) is -0.559. The summed E-state index contributed by atoms with van der Waals surface area (Å²) in [6.07, 6.45) is 0. The first-order valence-corrected chi connectivity index (χ1v) is 7.04. The first-order chi connectivity index (χ1) is 9.82. The van der Waals surface area contributed by atoms with Gasteiger partial charge in [-0.3, -0.25) is 9.59 Å². The van der Waals surface area contributed by atoms with Crippen LogP contribution in [0.15, 0.2) is 30.3 Å². The van der Waals surface area contributed by atoms with Crippen molar-refractivity contribution in [1.29, 1.82) is 0 Å². The molecule has 2 rings (SSSR count). The Morgan fingerprint density at radius 2 is 1.76 bits per heavy atom. The molecule has 1 aromatic carbocycles. The minimum atomic E-state index is -0.559. The van der Waals surface area contributed by atoms with Crippen LogP contribution in [0.2, 0.25) is 0 Å². The molecule has 0 saturated carbocycles. The Kier molecular flexibility index (Phi) is 4.19. The molecule has 0 bridgehead atoms. The van der Waals surface area contributed by atoms with Crippen molar-refractivity contribution in [2.24, 2.45) is 5.73 Å². The van der Waals surface area contributed by atoms with Crippen molar-refractivity contribution in [1.82, 2.24) is 4.57 Å². The molecule has 2 N–H and O–H groups in total. The number of alkyl halides is 1. The summed E-state index contributed by atoms with van der Waals surface area (Å²) in [4.78, 5) is 23.2. The van der Waals surface area contributed by atoms with Gasteiger partial charge < -0.3 is 10.3 Å². The minimum absolute atomic E-state index is 0.0928. The molecule has 0 radical (unpaired) electrons. The van der Waals surface area contributed by atoms with E-state index in [0.717, 1.165) is 17.1 Å². The fourth-order valence-corrected chi connectivity index (χ4v) is 2.52. The molecule has 110 valence electrons. The van der Waals surface area contributed by atoms with Crippen molar-refractivity contribution >= 4 is 23.3 Å². The average Bonchev–Trinajstić information content (AvgIpc) is 2.73. The van der Waals surface area contributed by atoms with Gasteiger partial charge in [0.05, 0.1) is 5.38 Å². The Hall–Kier alpha value is -2.07. The number of hydrogen-bond acceptors (Lipinski definition) is 2. The Balaban J connectivity index is 2.50. The summed E-state index contributed by atoms with van der Waals surface area (Å²) in [6.45, 7) is 5.46. The molecule has 1 aromatic heterocycles. The number of ketones is 1. The van der Waals surface area contributed by atoms with Crippen molar-refractivity contribution in [2.45, 2.75) is 26.1 Å². The minimum Gasteiger partial charge on any atom is -0.366 e. The van der Waals surface area contributed by atoms with Crippen molar-refractivity contribution < 1.29 is 9.59 Å². The van der Waals surface area contributed by atoms with Crippen LogP contribution in [0.3, 0.4) is 0 Å². The standard InChI is InChI=1S/C16H17ClN2O2/c1-9-8-14(15(20)10(2)17)11(3)19(9)13-6-4-12(5-7-13)16(18)21/h4-8,10H,1-3H3,(H2,18,21). The van der Waals surface area contributed by atoms with Gasteiger partial charge in [0, 0.05) is 28.2 Å². The molecule has 0 aliphatic carbocycles. The van der Waals surface area contributed by atoms with Crippen LogP contribution >= 0.6 is 11.6 Å². The molecule has 0 fully saturated rings. The Labute approximate surface area is 128 Å². The number of carbonyl (C=O) groups is 2. The van der Waals surface area contributed by atoms with Crippen LogP contribution in [-0.4, -0.2) is 21.6 Å². The van der Waals surface area contributed by atoms with E-state index >= 15 is 0 Å². The fraction of sp³-hybridized carbons (Fsp3) is 0.250. The lowest BCUT2D eigenvalue weighted by Gasteiger charge is -2.10. The molecule has 0 aliphatic heterocycles. The maximum absolute atomic E-state index is 12.1. The van der Waals surface area contributed by atoms with Crippen molar-refractivity contribution in [3.8, 4) is 5.69 Å². The predicted molar refractivity (Wildman–Crippen MR) is 83.4 cm³/mol. The van der Waals surface area contributed by atoms with E-state index in [2.05, 4.69) is 0 Å². The smallest absolute Gasteiger partial charge is 0.248 e. The molecule has 0 saturated heterocycles. The van der Waals surface area contributed by atoms with Gasteiger partial charge in [-0.15, -0.1) is 11.6 Å². The molecule has 21 heavy (non-hydrogen) atoms. The Morgan fingerprint density at radius 1 is 1.19 bits per heavy atom. The lowest BCUT2D eigenvalue weighted by molar-refractivity contribution is 0.0986. The quantitative estimate of drug-likeness (QED) is 0.697. The van der Waals surface area contributed by atoms with Crippen molar-refractivity contribution in [3.63, 3.8) is 0 Å². The van der Waals surface area contributed by atoms with Gasteiger partial charge in [0.15, 0.2) is 5.78 Å². The van der Waals surface area contributed by atoms with Crippen LogP contribution < -0.4 is 5.73 Å². The topological polar surface area (TPSA) is 65.1 Å². The maximum atomic E-state index is 12.1. The van der Waals surface area contributed by atoms with E-state index in [1.807, 2.05) is 24.5 Å². The highest BCUT2D eigenvalue weighted by molar-refractivity contribution is 6.33. The predicted octanol–water partition coefficient (Wildman–Crippen LogP) is 3.00. The van der Waals surface area contributed by atoms with E-state index < -0.39 is 11.3 Å². The zero-order valence-corrected chi connectivity index (χ0v) is 12.9. The number of primary amides is 1. The fourth-order valence-electron chi connectivity index (χ4n) is 2.40. The molecule has 1 heterocycles. The lowest BCUT2D eigenvalue weighted by Crippen LogP contribution is -2.12. The number of benzene rings is 1. The van der Waals surface area contributed by atoms with Crippen LogP contribution in [0, 0.1) is 13.8 Å².